The van der Waals surface area contributed by atoms with E-state index in [-0.39, 0.29) is 11.5 Å². The maximum Gasteiger partial charge on any atom is 0.257 e. The molecule has 1 aromatic carbocycles. The van der Waals surface area contributed by atoms with Gasteiger partial charge in [0.05, 0.1) is 5.56 Å². The highest BCUT2D eigenvalue weighted by Crippen LogP contribution is 2.23. The first kappa shape index (κ1) is 13.1. The molecule has 1 aromatic heterocycles. The van der Waals surface area contributed by atoms with Gasteiger partial charge in [0.25, 0.3) is 5.91 Å². The van der Waals surface area contributed by atoms with Crippen molar-refractivity contribution in [1.82, 2.24) is 4.98 Å². The summed E-state index contributed by atoms with van der Waals surface area (Å²) in [4.78, 5) is 25.5. The number of H-pyrrole nitrogens is 1. The van der Waals surface area contributed by atoms with Gasteiger partial charge in [-0.1, -0.05) is 32.0 Å². The van der Waals surface area contributed by atoms with E-state index in [4.69, 9.17) is 0 Å². The van der Waals surface area contributed by atoms with Crippen molar-refractivity contribution < 1.29 is 4.79 Å². The highest BCUT2D eigenvalue weighted by molar-refractivity contribution is 6.04. The first-order valence-electron chi connectivity index (χ1n) is 6.17. The van der Waals surface area contributed by atoms with Gasteiger partial charge in [0, 0.05) is 18.0 Å². The van der Waals surface area contributed by atoms with Crippen LogP contribution in [0.5, 0.6) is 0 Å². The zero-order valence-electron chi connectivity index (χ0n) is 10.9. The largest absolute Gasteiger partial charge is 0.328 e. The molecule has 0 aliphatic rings. The van der Waals surface area contributed by atoms with Crippen molar-refractivity contribution in [1.29, 1.82) is 0 Å². The molecule has 19 heavy (non-hydrogen) atoms. The number of hydrogen-bond donors (Lipinski definition) is 2. The molecule has 2 rings (SSSR count). The number of aromatic nitrogens is 1. The number of carbonyl (C=O) groups excluding carboxylic acids is 1. The second-order valence-corrected chi connectivity index (χ2v) is 4.64. The van der Waals surface area contributed by atoms with E-state index in [1.54, 1.807) is 0 Å². The van der Waals surface area contributed by atoms with Gasteiger partial charge in [-0.25, -0.2) is 0 Å². The molecule has 0 unspecified atom stereocenters. The van der Waals surface area contributed by atoms with Crippen LogP contribution in [0.2, 0.25) is 0 Å². The Balaban J connectivity index is 2.24. The molecule has 1 heterocycles. The molecule has 0 saturated heterocycles. The van der Waals surface area contributed by atoms with Gasteiger partial charge in [-0.05, 0) is 23.6 Å². The van der Waals surface area contributed by atoms with Crippen LogP contribution in [0.1, 0.15) is 35.7 Å². The van der Waals surface area contributed by atoms with Crippen LogP contribution in [0.15, 0.2) is 47.4 Å². The Labute approximate surface area is 111 Å². The highest BCUT2D eigenvalue weighted by Gasteiger charge is 2.10. The maximum atomic E-state index is 12.1. The van der Waals surface area contributed by atoms with Crippen LogP contribution in [0.3, 0.4) is 0 Å². The molecule has 0 spiro atoms. The Hall–Kier alpha value is -2.36. The molecule has 1 amide bonds. The van der Waals surface area contributed by atoms with E-state index >= 15 is 0 Å². The quantitative estimate of drug-likeness (QED) is 0.887. The summed E-state index contributed by atoms with van der Waals surface area (Å²) in [6.45, 7) is 4.15. The number of nitrogens with one attached hydrogen (secondary N) is 2. The van der Waals surface area contributed by atoms with Gasteiger partial charge in [-0.3, -0.25) is 9.59 Å². The average molecular weight is 256 g/mol. The molecule has 4 heteroatoms. The first-order chi connectivity index (χ1) is 9.08. The summed E-state index contributed by atoms with van der Waals surface area (Å²) in [6.07, 6.45) is 1.41. The Morgan fingerprint density at radius 2 is 1.89 bits per heavy atom. The summed E-state index contributed by atoms with van der Waals surface area (Å²) in [5, 5.41) is 2.87. The third-order valence-corrected chi connectivity index (χ3v) is 2.88. The lowest BCUT2D eigenvalue weighted by Gasteiger charge is -2.13. The minimum Gasteiger partial charge on any atom is -0.328 e. The van der Waals surface area contributed by atoms with Crippen molar-refractivity contribution in [2.75, 3.05) is 5.32 Å². The fourth-order valence-electron chi connectivity index (χ4n) is 1.86. The molecule has 98 valence electrons. The van der Waals surface area contributed by atoms with Crippen LogP contribution in [0.4, 0.5) is 5.69 Å². The van der Waals surface area contributed by atoms with Crippen molar-refractivity contribution in [2.24, 2.45) is 0 Å². The second-order valence-electron chi connectivity index (χ2n) is 4.64. The Morgan fingerprint density at radius 3 is 2.53 bits per heavy atom. The van der Waals surface area contributed by atoms with Gasteiger partial charge in [-0.15, -0.1) is 0 Å². The third kappa shape index (κ3) is 3.10. The maximum absolute atomic E-state index is 12.1. The lowest BCUT2D eigenvalue weighted by Crippen LogP contribution is -2.15. The van der Waals surface area contributed by atoms with Gasteiger partial charge in [0.15, 0.2) is 0 Å². The Kier molecular flexibility index (Phi) is 3.80. The average Bonchev–Trinajstić information content (AvgIpc) is 2.39. The molecule has 0 fully saturated rings. The summed E-state index contributed by atoms with van der Waals surface area (Å²) < 4.78 is 0. The van der Waals surface area contributed by atoms with Gasteiger partial charge >= 0.3 is 0 Å². The monoisotopic (exact) mass is 256 g/mol. The van der Waals surface area contributed by atoms with E-state index in [0.717, 1.165) is 11.3 Å². The molecule has 0 aliphatic heterocycles. The van der Waals surface area contributed by atoms with Crippen molar-refractivity contribution in [3.05, 3.63) is 64.1 Å². The van der Waals surface area contributed by atoms with Gasteiger partial charge in [0.2, 0.25) is 5.56 Å². The topological polar surface area (TPSA) is 62.0 Å². The lowest BCUT2D eigenvalue weighted by molar-refractivity contribution is 0.102. The van der Waals surface area contributed by atoms with Crippen molar-refractivity contribution in [3.63, 3.8) is 0 Å². The minimum absolute atomic E-state index is 0.223. The summed E-state index contributed by atoms with van der Waals surface area (Å²) in [5.74, 6) is 0.0939. The third-order valence-electron chi connectivity index (χ3n) is 2.88. The fraction of sp³-hybridized carbons (Fsp3) is 0.200. The molecular formula is C15H16N2O2. The van der Waals surface area contributed by atoms with Crippen LogP contribution >= 0.6 is 0 Å². The minimum atomic E-state index is -0.232. The lowest BCUT2D eigenvalue weighted by atomic mass is 10.0. The molecule has 0 bridgehead atoms. The molecule has 2 N–H and O–H groups in total. The van der Waals surface area contributed by atoms with Crippen LogP contribution in [-0.2, 0) is 0 Å². The van der Waals surface area contributed by atoms with Crippen LogP contribution in [0.25, 0.3) is 0 Å². The van der Waals surface area contributed by atoms with Crippen molar-refractivity contribution >= 4 is 11.6 Å². The Bertz CT molecular complexity index is 624. The Morgan fingerprint density at radius 1 is 1.16 bits per heavy atom. The fourth-order valence-corrected chi connectivity index (χ4v) is 1.86. The number of pyridine rings is 1. The summed E-state index contributed by atoms with van der Waals surface area (Å²) in [6, 6.07) is 10.5. The van der Waals surface area contributed by atoms with Crippen molar-refractivity contribution in [3.8, 4) is 0 Å². The summed E-state index contributed by atoms with van der Waals surface area (Å²) >= 11 is 0. The molecule has 0 atom stereocenters. The predicted octanol–water partition coefficient (Wildman–Crippen LogP) is 2.75. The normalized spacial score (nSPS) is 10.5. The van der Waals surface area contributed by atoms with Gasteiger partial charge < -0.3 is 10.3 Å². The van der Waals surface area contributed by atoms with Crippen LogP contribution in [0, 0.1) is 0 Å². The number of carbonyl (C=O) groups is 1. The van der Waals surface area contributed by atoms with E-state index in [2.05, 4.69) is 24.1 Å². The number of hydrogen-bond acceptors (Lipinski definition) is 2. The van der Waals surface area contributed by atoms with E-state index in [0.29, 0.717) is 11.5 Å². The zero-order valence-corrected chi connectivity index (χ0v) is 10.9. The van der Waals surface area contributed by atoms with E-state index in [9.17, 15) is 9.59 Å². The molecule has 4 nitrogen and oxygen atoms in total. The van der Waals surface area contributed by atoms with E-state index in [1.165, 1.54) is 18.3 Å². The predicted molar refractivity (Wildman–Crippen MR) is 75.5 cm³/mol. The van der Waals surface area contributed by atoms with Crippen molar-refractivity contribution in [2.45, 2.75) is 19.8 Å². The molecule has 2 aromatic rings. The van der Waals surface area contributed by atoms with E-state index in [1.807, 2.05) is 24.3 Å². The molecule has 0 aliphatic carbocycles. The zero-order chi connectivity index (χ0) is 13.8. The summed E-state index contributed by atoms with van der Waals surface area (Å²) in [7, 11) is 0. The number of benzene rings is 1. The number of aromatic amines is 1. The summed E-state index contributed by atoms with van der Waals surface area (Å²) in [5.41, 5.74) is 2.09. The number of para-hydroxylation sites is 1. The standard InChI is InChI=1S/C15H16N2O2/c1-10(2)12-5-3-4-6-13(12)17-15(19)11-7-8-14(18)16-9-11/h3-10H,1-2H3,(H,16,18)(H,17,19). The molecular weight excluding hydrogens is 240 g/mol. The number of amides is 1. The number of rotatable bonds is 3. The first-order valence-corrected chi connectivity index (χ1v) is 6.17. The van der Waals surface area contributed by atoms with Gasteiger partial charge in [-0.2, -0.15) is 0 Å². The number of anilines is 1. The second kappa shape index (κ2) is 5.52. The molecule has 0 saturated carbocycles. The molecule has 0 radical (unpaired) electrons. The van der Waals surface area contributed by atoms with Crippen LogP contribution < -0.4 is 10.9 Å². The van der Waals surface area contributed by atoms with Crippen LogP contribution in [-0.4, -0.2) is 10.9 Å². The highest BCUT2D eigenvalue weighted by atomic mass is 16.1. The van der Waals surface area contributed by atoms with E-state index < -0.39 is 0 Å². The van der Waals surface area contributed by atoms with Gasteiger partial charge in [0.1, 0.15) is 0 Å². The SMILES string of the molecule is CC(C)c1ccccc1NC(=O)c1ccc(=O)[nH]c1. The smallest absolute Gasteiger partial charge is 0.257 e.